The maximum atomic E-state index is 11.0. The Labute approximate surface area is 75.6 Å². The lowest BCUT2D eigenvalue weighted by Crippen LogP contribution is -2.27. The number of carbonyl (C=O) groups excluding carboxylic acids is 1. The van der Waals surface area contributed by atoms with Crippen molar-refractivity contribution in [2.75, 3.05) is 12.4 Å². The molecule has 0 unspecified atom stereocenters. The molecule has 3 N–H and O–H groups in total. The number of nitrogens with one attached hydrogen (secondary N) is 3. The van der Waals surface area contributed by atoms with Crippen LogP contribution in [0.5, 0.6) is 0 Å². The van der Waals surface area contributed by atoms with Crippen LogP contribution in [0.2, 0.25) is 0 Å². The molecule has 0 saturated carbocycles. The zero-order valence-corrected chi connectivity index (χ0v) is 7.76. The van der Waals surface area contributed by atoms with E-state index in [4.69, 9.17) is 0 Å². The van der Waals surface area contributed by atoms with Gasteiger partial charge in [-0.25, -0.2) is 10.3 Å². The molecule has 0 aliphatic heterocycles. The molecular weight excluding hydrogens is 172 g/mol. The summed E-state index contributed by atoms with van der Waals surface area (Å²) in [7, 11) is 1.37. The molecule has 1 aromatic rings. The second kappa shape index (κ2) is 3.90. The molecule has 0 atom stereocenters. The van der Waals surface area contributed by atoms with E-state index in [0.29, 0.717) is 5.69 Å². The molecule has 0 spiro atoms. The van der Waals surface area contributed by atoms with Crippen LogP contribution in [-0.2, 0) is 4.84 Å². The van der Waals surface area contributed by atoms with Gasteiger partial charge in [0.1, 0.15) is 0 Å². The number of amides is 2. The van der Waals surface area contributed by atoms with Gasteiger partial charge in [0.05, 0.1) is 24.2 Å². The van der Waals surface area contributed by atoms with Gasteiger partial charge in [-0.05, 0) is 13.8 Å². The van der Waals surface area contributed by atoms with E-state index in [1.54, 1.807) is 6.92 Å². The van der Waals surface area contributed by atoms with E-state index in [0.717, 1.165) is 11.4 Å². The second-order valence-corrected chi connectivity index (χ2v) is 2.57. The lowest BCUT2D eigenvalue weighted by molar-refractivity contribution is 0.114. The Balaban J connectivity index is 2.68. The van der Waals surface area contributed by atoms with Crippen molar-refractivity contribution in [2.24, 2.45) is 0 Å². The number of aryl methyl sites for hydroxylation is 2. The first-order chi connectivity index (χ1) is 6.15. The van der Waals surface area contributed by atoms with Crippen LogP contribution in [0.25, 0.3) is 0 Å². The average molecular weight is 184 g/mol. The minimum absolute atomic E-state index is 0.421. The van der Waals surface area contributed by atoms with E-state index < -0.39 is 6.03 Å². The standard InChI is InChI=1S/C7H12N4O2/c1-4-6(5(2)10-9-4)8-7(12)11-13-3/h1-3H3,(H,9,10)(H2,8,11,12). The Kier molecular flexibility index (Phi) is 2.86. The summed E-state index contributed by atoms with van der Waals surface area (Å²) >= 11 is 0. The van der Waals surface area contributed by atoms with Gasteiger partial charge in [0, 0.05) is 0 Å². The Bertz CT molecular complexity index is 288. The molecule has 0 aromatic carbocycles. The molecule has 0 fully saturated rings. The fraction of sp³-hybridized carbons (Fsp3) is 0.429. The predicted molar refractivity (Wildman–Crippen MR) is 47.2 cm³/mol. The Morgan fingerprint density at radius 1 is 1.54 bits per heavy atom. The molecule has 0 aliphatic carbocycles. The van der Waals surface area contributed by atoms with E-state index in [1.165, 1.54) is 7.11 Å². The number of nitrogens with zero attached hydrogens (tertiary/aromatic N) is 1. The van der Waals surface area contributed by atoms with Crippen molar-refractivity contribution in [3.05, 3.63) is 11.4 Å². The second-order valence-electron chi connectivity index (χ2n) is 2.57. The fourth-order valence-corrected chi connectivity index (χ4v) is 0.967. The van der Waals surface area contributed by atoms with Gasteiger partial charge in [0.15, 0.2) is 0 Å². The normalized spacial score (nSPS) is 9.77. The van der Waals surface area contributed by atoms with Crippen molar-refractivity contribution < 1.29 is 9.63 Å². The third kappa shape index (κ3) is 2.19. The van der Waals surface area contributed by atoms with Crippen LogP contribution in [0.15, 0.2) is 0 Å². The lowest BCUT2D eigenvalue weighted by atomic mass is 10.3. The fourth-order valence-electron chi connectivity index (χ4n) is 0.967. The number of urea groups is 1. The van der Waals surface area contributed by atoms with E-state index >= 15 is 0 Å². The molecule has 6 heteroatoms. The van der Waals surface area contributed by atoms with Crippen LogP contribution in [0.3, 0.4) is 0 Å². The van der Waals surface area contributed by atoms with Crippen molar-refractivity contribution in [3.63, 3.8) is 0 Å². The minimum atomic E-state index is -0.421. The molecule has 0 saturated heterocycles. The summed E-state index contributed by atoms with van der Waals surface area (Å²) in [6, 6.07) is -0.421. The van der Waals surface area contributed by atoms with Crippen LogP contribution in [0.4, 0.5) is 10.5 Å². The summed E-state index contributed by atoms with van der Waals surface area (Å²) in [5.74, 6) is 0. The van der Waals surface area contributed by atoms with Crippen molar-refractivity contribution in [3.8, 4) is 0 Å². The summed E-state index contributed by atoms with van der Waals surface area (Å²) in [5, 5.41) is 9.26. The Hall–Kier alpha value is -1.56. The third-order valence-electron chi connectivity index (χ3n) is 1.56. The van der Waals surface area contributed by atoms with Crippen LogP contribution < -0.4 is 10.8 Å². The van der Waals surface area contributed by atoms with Gasteiger partial charge in [-0.15, -0.1) is 0 Å². The zero-order valence-electron chi connectivity index (χ0n) is 7.76. The lowest BCUT2D eigenvalue weighted by Gasteiger charge is -2.04. The van der Waals surface area contributed by atoms with Gasteiger partial charge in [0.25, 0.3) is 0 Å². The summed E-state index contributed by atoms with van der Waals surface area (Å²) < 4.78 is 0. The van der Waals surface area contributed by atoms with Gasteiger partial charge < -0.3 is 5.32 Å². The van der Waals surface area contributed by atoms with E-state index in [9.17, 15) is 4.79 Å². The van der Waals surface area contributed by atoms with Crippen molar-refractivity contribution in [1.29, 1.82) is 0 Å². The zero-order chi connectivity index (χ0) is 9.84. The smallest absolute Gasteiger partial charge is 0.303 e. The quantitative estimate of drug-likeness (QED) is 0.592. The highest BCUT2D eigenvalue weighted by Crippen LogP contribution is 2.15. The number of H-pyrrole nitrogens is 1. The van der Waals surface area contributed by atoms with Gasteiger partial charge in [-0.2, -0.15) is 5.10 Å². The number of hydroxylamine groups is 1. The first kappa shape index (κ1) is 9.53. The van der Waals surface area contributed by atoms with Crippen LogP contribution >= 0.6 is 0 Å². The first-order valence-electron chi connectivity index (χ1n) is 3.76. The Morgan fingerprint density at radius 2 is 2.23 bits per heavy atom. The molecule has 1 heterocycles. The van der Waals surface area contributed by atoms with Crippen molar-refractivity contribution >= 4 is 11.7 Å². The van der Waals surface area contributed by atoms with Crippen molar-refractivity contribution in [1.82, 2.24) is 15.7 Å². The number of anilines is 1. The molecule has 13 heavy (non-hydrogen) atoms. The monoisotopic (exact) mass is 184 g/mol. The molecule has 1 aromatic heterocycles. The van der Waals surface area contributed by atoms with Gasteiger partial charge in [-0.1, -0.05) is 0 Å². The largest absolute Gasteiger partial charge is 0.343 e. The van der Waals surface area contributed by atoms with Crippen LogP contribution in [0, 0.1) is 13.8 Å². The third-order valence-corrected chi connectivity index (χ3v) is 1.56. The molecule has 0 bridgehead atoms. The molecule has 1 rings (SSSR count). The van der Waals surface area contributed by atoms with E-state index in [-0.39, 0.29) is 0 Å². The van der Waals surface area contributed by atoms with Gasteiger partial charge in [0.2, 0.25) is 0 Å². The highest BCUT2D eigenvalue weighted by molar-refractivity contribution is 5.89. The number of aromatic nitrogens is 2. The van der Waals surface area contributed by atoms with E-state index in [1.807, 2.05) is 6.92 Å². The first-order valence-corrected chi connectivity index (χ1v) is 3.76. The number of aromatic amines is 1. The summed E-state index contributed by atoms with van der Waals surface area (Å²) in [5.41, 5.74) is 4.37. The van der Waals surface area contributed by atoms with Gasteiger partial charge >= 0.3 is 6.03 Å². The molecule has 0 radical (unpaired) electrons. The molecular formula is C7H12N4O2. The highest BCUT2D eigenvalue weighted by atomic mass is 16.6. The molecule has 6 nitrogen and oxygen atoms in total. The topological polar surface area (TPSA) is 79.0 Å². The molecule has 2 amide bonds. The SMILES string of the molecule is CONC(=O)Nc1c(C)n[nH]c1C. The summed E-state index contributed by atoms with van der Waals surface area (Å²) in [6.45, 7) is 3.62. The van der Waals surface area contributed by atoms with Crippen LogP contribution in [0.1, 0.15) is 11.4 Å². The highest BCUT2D eigenvalue weighted by Gasteiger charge is 2.08. The molecule has 72 valence electrons. The van der Waals surface area contributed by atoms with E-state index in [2.05, 4.69) is 25.8 Å². The maximum Gasteiger partial charge on any atom is 0.343 e. The van der Waals surface area contributed by atoms with Crippen molar-refractivity contribution in [2.45, 2.75) is 13.8 Å². The minimum Gasteiger partial charge on any atom is -0.303 e. The predicted octanol–water partition coefficient (Wildman–Crippen LogP) is 0.709. The molecule has 0 aliphatic rings. The van der Waals surface area contributed by atoms with Crippen LogP contribution in [-0.4, -0.2) is 23.3 Å². The number of rotatable bonds is 2. The summed E-state index contributed by atoms with van der Waals surface area (Å²) in [6.07, 6.45) is 0. The average Bonchev–Trinajstić information content (AvgIpc) is 2.36. The van der Waals surface area contributed by atoms with Gasteiger partial charge in [-0.3, -0.25) is 9.94 Å². The maximum absolute atomic E-state index is 11.0. The summed E-state index contributed by atoms with van der Waals surface area (Å²) in [4.78, 5) is 15.5. The number of carbonyl (C=O) groups is 1. The number of hydrogen-bond acceptors (Lipinski definition) is 3. The Morgan fingerprint density at radius 3 is 2.69 bits per heavy atom. The number of hydrogen-bond donors (Lipinski definition) is 3.